The zero-order chi connectivity index (χ0) is 15.0. The first-order valence-electron chi connectivity index (χ1n) is 7.23. The highest BCUT2D eigenvalue weighted by molar-refractivity contribution is 7.89. The van der Waals surface area contributed by atoms with Gasteiger partial charge < -0.3 is 4.79 Å². The normalized spacial score (nSPS) is 22.3. The van der Waals surface area contributed by atoms with E-state index in [1.165, 1.54) is 9.88 Å². The molecule has 1 aliphatic heterocycles. The largest absolute Gasteiger partial charge is 0.303 e. The summed E-state index contributed by atoms with van der Waals surface area (Å²) >= 11 is 0. The van der Waals surface area contributed by atoms with E-state index in [4.69, 9.17) is 0 Å². The first kappa shape index (κ1) is 17.1. The molecule has 0 aliphatic carbocycles. The van der Waals surface area contributed by atoms with Gasteiger partial charge in [-0.1, -0.05) is 30.7 Å². The van der Waals surface area contributed by atoms with Gasteiger partial charge in [-0.3, -0.25) is 0 Å². The Balaban J connectivity index is 2.51. The van der Waals surface area contributed by atoms with Crippen molar-refractivity contribution in [3.63, 3.8) is 0 Å². The van der Waals surface area contributed by atoms with Gasteiger partial charge in [0.2, 0.25) is 10.0 Å². The molecule has 20 heavy (non-hydrogen) atoms. The number of carbonyl (C=O) groups is 1. The highest BCUT2D eigenvalue weighted by Crippen LogP contribution is 2.18. The zero-order valence-electron chi connectivity index (χ0n) is 12.4. The monoisotopic (exact) mass is 299 g/mol. The van der Waals surface area contributed by atoms with E-state index < -0.39 is 10.0 Å². The van der Waals surface area contributed by atoms with E-state index in [0.29, 0.717) is 13.1 Å². The van der Waals surface area contributed by atoms with Crippen LogP contribution in [-0.4, -0.2) is 37.9 Å². The van der Waals surface area contributed by atoms with Crippen molar-refractivity contribution in [2.45, 2.75) is 39.5 Å². The van der Waals surface area contributed by atoms with Gasteiger partial charge in [0, 0.05) is 19.0 Å². The van der Waals surface area contributed by atoms with Crippen LogP contribution in [0.4, 0.5) is 0 Å². The Labute approximate surface area is 122 Å². The Hall–Kier alpha value is -0.940. The van der Waals surface area contributed by atoms with E-state index >= 15 is 0 Å². The Bertz CT molecular complexity index is 466. The number of sulfonamides is 1. The zero-order valence-corrected chi connectivity index (χ0v) is 13.2. The van der Waals surface area contributed by atoms with E-state index in [1.54, 1.807) is 6.08 Å². The second-order valence-corrected chi connectivity index (χ2v) is 7.32. The summed E-state index contributed by atoms with van der Waals surface area (Å²) in [6.45, 7) is 5.00. The fraction of sp³-hybridized carbons (Fsp3) is 0.667. The van der Waals surface area contributed by atoms with Gasteiger partial charge in [0.05, 0.1) is 5.75 Å². The number of carbonyl (C=O) groups excluding carboxylic acids is 1. The fourth-order valence-corrected chi connectivity index (χ4v) is 3.75. The van der Waals surface area contributed by atoms with Crippen molar-refractivity contribution < 1.29 is 13.2 Å². The molecule has 4 nitrogen and oxygen atoms in total. The van der Waals surface area contributed by atoms with Gasteiger partial charge in [-0.15, -0.1) is 0 Å². The lowest BCUT2D eigenvalue weighted by molar-refractivity contribution is -0.112. The summed E-state index contributed by atoms with van der Waals surface area (Å²) in [7, 11) is -3.27. The van der Waals surface area contributed by atoms with Crippen LogP contribution in [-0.2, 0) is 14.8 Å². The van der Waals surface area contributed by atoms with Gasteiger partial charge in [-0.25, -0.2) is 12.7 Å². The Morgan fingerprint density at radius 2 is 2.10 bits per heavy atom. The molecule has 1 fully saturated rings. The van der Waals surface area contributed by atoms with Crippen molar-refractivity contribution in [2.75, 3.05) is 18.8 Å². The standard InChI is InChI=1S/C15H25NO3S/c1-3-7-14(2)8-4-5-11-20(18,19)16-10-6-9-15(12-16)13-17/h4-5,7,13,15H,3,6,8-12H2,1-2H3/b5-4-,14-7-. The highest BCUT2D eigenvalue weighted by atomic mass is 32.2. The molecule has 0 amide bonds. The molecule has 0 saturated carbocycles. The number of aldehydes is 1. The van der Waals surface area contributed by atoms with Crippen LogP contribution in [0.5, 0.6) is 0 Å². The van der Waals surface area contributed by atoms with Crippen LogP contribution in [0.15, 0.2) is 23.8 Å². The molecule has 0 aromatic heterocycles. The summed E-state index contributed by atoms with van der Waals surface area (Å²) in [4.78, 5) is 10.8. The molecule has 1 unspecified atom stereocenters. The number of hydrogen-bond acceptors (Lipinski definition) is 3. The van der Waals surface area contributed by atoms with Gasteiger partial charge in [0.1, 0.15) is 6.29 Å². The van der Waals surface area contributed by atoms with Crippen molar-refractivity contribution in [1.82, 2.24) is 4.31 Å². The Morgan fingerprint density at radius 1 is 1.35 bits per heavy atom. The van der Waals surface area contributed by atoms with Crippen LogP contribution < -0.4 is 0 Å². The van der Waals surface area contributed by atoms with Crippen molar-refractivity contribution in [1.29, 1.82) is 0 Å². The molecule has 0 N–H and O–H groups in total. The molecule has 114 valence electrons. The molecular formula is C15H25NO3S. The van der Waals surface area contributed by atoms with Crippen LogP contribution in [0.25, 0.3) is 0 Å². The van der Waals surface area contributed by atoms with Gasteiger partial charge in [-0.2, -0.15) is 0 Å². The molecule has 0 spiro atoms. The second-order valence-electron chi connectivity index (χ2n) is 5.31. The van der Waals surface area contributed by atoms with Gasteiger partial charge in [0.15, 0.2) is 0 Å². The average molecular weight is 299 g/mol. The Kier molecular flexibility index (Phi) is 7.16. The molecule has 1 heterocycles. The molecule has 1 atom stereocenters. The minimum atomic E-state index is -3.27. The van der Waals surface area contributed by atoms with Crippen LogP contribution in [0, 0.1) is 5.92 Å². The molecular weight excluding hydrogens is 274 g/mol. The maximum atomic E-state index is 12.2. The number of rotatable bonds is 7. The van der Waals surface area contributed by atoms with E-state index in [-0.39, 0.29) is 11.7 Å². The number of nitrogens with zero attached hydrogens (tertiary/aromatic N) is 1. The first-order valence-corrected chi connectivity index (χ1v) is 8.84. The Morgan fingerprint density at radius 3 is 2.75 bits per heavy atom. The number of hydrogen-bond donors (Lipinski definition) is 0. The average Bonchev–Trinajstić information content (AvgIpc) is 2.44. The molecule has 0 radical (unpaired) electrons. The number of piperidine rings is 1. The molecule has 0 aromatic rings. The number of allylic oxidation sites excluding steroid dienone is 3. The first-order chi connectivity index (χ1) is 9.49. The smallest absolute Gasteiger partial charge is 0.217 e. The van der Waals surface area contributed by atoms with Gasteiger partial charge >= 0.3 is 0 Å². The van der Waals surface area contributed by atoms with Crippen LogP contribution in [0.3, 0.4) is 0 Å². The highest BCUT2D eigenvalue weighted by Gasteiger charge is 2.27. The van der Waals surface area contributed by atoms with E-state index in [0.717, 1.165) is 32.0 Å². The third-order valence-electron chi connectivity index (χ3n) is 3.47. The summed E-state index contributed by atoms with van der Waals surface area (Å²) in [6, 6.07) is 0. The predicted molar refractivity (Wildman–Crippen MR) is 82.0 cm³/mol. The van der Waals surface area contributed by atoms with E-state index in [1.807, 2.05) is 13.0 Å². The van der Waals surface area contributed by atoms with Gasteiger partial charge in [-0.05, 0) is 32.6 Å². The maximum Gasteiger partial charge on any atom is 0.217 e. The van der Waals surface area contributed by atoms with Crippen LogP contribution in [0.1, 0.15) is 39.5 Å². The van der Waals surface area contributed by atoms with Crippen LogP contribution in [0.2, 0.25) is 0 Å². The van der Waals surface area contributed by atoms with Crippen LogP contribution >= 0.6 is 0 Å². The maximum absolute atomic E-state index is 12.2. The summed E-state index contributed by atoms with van der Waals surface area (Å²) in [6.07, 6.45) is 9.98. The molecule has 1 rings (SSSR count). The lowest BCUT2D eigenvalue weighted by atomic mass is 10.0. The van der Waals surface area contributed by atoms with Crippen molar-refractivity contribution >= 4 is 16.3 Å². The summed E-state index contributed by atoms with van der Waals surface area (Å²) < 4.78 is 25.8. The minimum absolute atomic E-state index is 0.0258. The fourth-order valence-electron chi connectivity index (χ4n) is 2.33. The molecule has 1 saturated heterocycles. The van der Waals surface area contributed by atoms with E-state index in [9.17, 15) is 13.2 Å². The van der Waals surface area contributed by atoms with Crippen molar-refractivity contribution in [3.05, 3.63) is 23.8 Å². The summed E-state index contributed by atoms with van der Waals surface area (Å²) in [5.41, 5.74) is 1.25. The van der Waals surface area contributed by atoms with Crippen molar-refractivity contribution in [2.24, 2.45) is 5.92 Å². The quantitative estimate of drug-likeness (QED) is 0.536. The third kappa shape index (κ3) is 5.59. The molecule has 1 aliphatic rings. The van der Waals surface area contributed by atoms with Crippen molar-refractivity contribution in [3.8, 4) is 0 Å². The SMILES string of the molecule is CC/C=C(/C)C/C=C\CS(=O)(=O)N1CCCC(C=O)C1. The minimum Gasteiger partial charge on any atom is -0.303 e. The predicted octanol–water partition coefficient (Wildman–Crippen LogP) is 2.53. The molecule has 5 heteroatoms. The third-order valence-corrected chi connectivity index (χ3v) is 5.20. The topological polar surface area (TPSA) is 54.5 Å². The molecule has 0 bridgehead atoms. The van der Waals surface area contributed by atoms with E-state index in [2.05, 4.69) is 13.0 Å². The lowest BCUT2D eigenvalue weighted by Crippen LogP contribution is -2.41. The lowest BCUT2D eigenvalue weighted by Gasteiger charge is -2.28. The summed E-state index contributed by atoms with van der Waals surface area (Å²) in [5, 5.41) is 0. The second kappa shape index (κ2) is 8.37. The summed E-state index contributed by atoms with van der Waals surface area (Å²) in [5.74, 6) is -0.116. The molecule has 0 aromatic carbocycles. The van der Waals surface area contributed by atoms with Gasteiger partial charge in [0.25, 0.3) is 0 Å².